The van der Waals surface area contributed by atoms with Crippen LogP contribution in [0.5, 0.6) is 5.75 Å². The predicted octanol–water partition coefficient (Wildman–Crippen LogP) is 3.59. The van der Waals surface area contributed by atoms with E-state index in [4.69, 9.17) is 4.98 Å². The van der Waals surface area contributed by atoms with Crippen LogP contribution in [-0.2, 0) is 12.8 Å². The van der Waals surface area contributed by atoms with Crippen LogP contribution in [0.1, 0.15) is 49.4 Å². The van der Waals surface area contributed by atoms with E-state index >= 15 is 0 Å². The molecule has 1 aromatic carbocycles. The molecule has 5 nitrogen and oxygen atoms in total. The smallest absolute Gasteiger partial charge is 0.134 e. The average Bonchev–Trinajstić information content (AvgIpc) is 2.68. The summed E-state index contributed by atoms with van der Waals surface area (Å²) < 4.78 is 0. The number of aromatic hydroxyl groups is 1. The van der Waals surface area contributed by atoms with Crippen molar-refractivity contribution in [3.05, 3.63) is 29.0 Å². The van der Waals surface area contributed by atoms with Gasteiger partial charge in [0.15, 0.2) is 0 Å². The van der Waals surface area contributed by atoms with Gasteiger partial charge < -0.3 is 15.3 Å². The number of fused-ring (bicyclic) bond motifs is 2. The van der Waals surface area contributed by atoms with Crippen molar-refractivity contribution in [1.82, 2.24) is 9.88 Å². The third-order valence-corrected chi connectivity index (χ3v) is 5.88. The molecule has 1 saturated heterocycles. The minimum absolute atomic E-state index is 0.0430. The zero-order valence-corrected chi connectivity index (χ0v) is 15.4. The van der Waals surface area contributed by atoms with Crippen molar-refractivity contribution in [3.63, 3.8) is 0 Å². The van der Waals surface area contributed by atoms with E-state index in [0.717, 1.165) is 67.6 Å². The maximum absolute atomic E-state index is 10.2. The molecule has 0 atom stereocenters. The topological polar surface area (TPSA) is 72.2 Å². The van der Waals surface area contributed by atoms with Gasteiger partial charge in [-0.05, 0) is 62.8 Å². The van der Waals surface area contributed by atoms with E-state index in [-0.39, 0.29) is 5.75 Å². The van der Waals surface area contributed by atoms with Crippen molar-refractivity contribution in [2.75, 3.05) is 25.0 Å². The molecule has 26 heavy (non-hydrogen) atoms. The van der Waals surface area contributed by atoms with Gasteiger partial charge in [0.1, 0.15) is 11.8 Å². The maximum Gasteiger partial charge on any atom is 0.134 e. The van der Waals surface area contributed by atoms with E-state index in [0.29, 0.717) is 11.6 Å². The molecule has 1 aromatic heterocycles. The van der Waals surface area contributed by atoms with Crippen LogP contribution in [0.15, 0.2) is 12.1 Å². The van der Waals surface area contributed by atoms with Crippen LogP contribution in [0, 0.1) is 11.3 Å². The van der Waals surface area contributed by atoms with Crippen molar-refractivity contribution in [2.24, 2.45) is 0 Å². The highest BCUT2D eigenvalue weighted by atomic mass is 16.3. The van der Waals surface area contributed by atoms with Crippen LogP contribution in [0.4, 0.5) is 5.69 Å². The Balaban J connectivity index is 1.76. The molecule has 136 valence electrons. The second-order valence-electron chi connectivity index (χ2n) is 7.47. The molecule has 2 N–H and O–H groups in total. The first-order chi connectivity index (χ1) is 12.7. The second-order valence-corrected chi connectivity index (χ2v) is 7.47. The van der Waals surface area contributed by atoms with Gasteiger partial charge in [0, 0.05) is 35.9 Å². The van der Waals surface area contributed by atoms with Crippen LogP contribution >= 0.6 is 0 Å². The van der Waals surface area contributed by atoms with Crippen LogP contribution in [0.25, 0.3) is 10.9 Å². The van der Waals surface area contributed by atoms with Gasteiger partial charge in [0.2, 0.25) is 0 Å². The molecule has 0 amide bonds. The number of aromatic nitrogens is 1. The molecular formula is C21H26N4O. The first-order valence-electron chi connectivity index (χ1n) is 9.77. The summed E-state index contributed by atoms with van der Waals surface area (Å²) in [7, 11) is 0. The fraction of sp³-hybridized carbons (Fsp3) is 0.524. The van der Waals surface area contributed by atoms with E-state index < -0.39 is 0 Å². The van der Waals surface area contributed by atoms with E-state index in [9.17, 15) is 10.4 Å². The van der Waals surface area contributed by atoms with Gasteiger partial charge >= 0.3 is 0 Å². The molecule has 1 fully saturated rings. The maximum atomic E-state index is 10.2. The number of pyridine rings is 1. The molecule has 0 unspecified atom stereocenters. The van der Waals surface area contributed by atoms with Crippen LogP contribution in [0.2, 0.25) is 0 Å². The quantitative estimate of drug-likeness (QED) is 0.885. The molecule has 2 heterocycles. The highest BCUT2D eigenvalue weighted by Crippen LogP contribution is 2.37. The summed E-state index contributed by atoms with van der Waals surface area (Å²) in [6.07, 6.45) is 6.66. The van der Waals surface area contributed by atoms with E-state index in [1.165, 1.54) is 18.4 Å². The molecule has 1 aliphatic heterocycles. The highest BCUT2D eigenvalue weighted by Gasteiger charge is 2.23. The number of nitrogens with one attached hydrogen (secondary N) is 1. The predicted molar refractivity (Wildman–Crippen MR) is 104 cm³/mol. The number of rotatable bonds is 3. The summed E-state index contributed by atoms with van der Waals surface area (Å²) in [6.45, 7) is 5.59. The zero-order chi connectivity index (χ0) is 18.1. The van der Waals surface area contributed by atoms with Crippen molar-refractivity contribution in [3.8, 4) is 11.8 Å². The zero-order valence-electron chi connectivity index (χ0n) is 15.4. The molecule has 4 rings (SSSR count). The summed E-state index contributed by atoms with van der Waals surface area (Å²) in [4.78, 5) is 7.32. The number of phenols is 1. The summed E-state index contributed by atoms with van der Waals surface area (Å²) in [6, 6.07) is 5.96. The fourth-order valence-electron chi connectivity index (χ4n) is 4.31. The van der Waals surface area contributed by atoms with Gasteiger partial charge in [-0.15, -0.1) is 0 Å². The number of aryl methyl sites for hydroxylation is 1. The van der Waals surface area contributed by atoms with Gasteiger partial charge in [0.25, 0.3) is 0 Å². The minimum Gasteiger partial charge on any atom is -0.507 e. The molecule has 1 aliphatic carbocycles. The second kappa shape index (κ2) is 7.13. The van der Waals surface area contributed by atoms with Crippen LogP contribution < -0.4 is 5.32 Å². The first kappa shape index (κ1) is 17.1. The Morgan fingerprint density at radius 3 is 2.77 bits per heavy atom. The lowest BCUT2D eigenvalue weighted by Gasteiger charge is -2.33. The fourth-order valence-corrected chi connectivity index (χ4v) is 4.31. The van der Waals surface area contributed by atoms with Gasteiger partial charge in [-0.25, -0.2) is 0 Å². The highest BCUT2D eigenvalue weighted by molar-refractivity contribution is 5.95. The van der Waals surface area contributed by atoms with Crippen LogP contribution in [0.3, 0.4) is 0 Å². The number of nitriles is 1. The summed E-state index contributed by atoms with van der Waals surface area (Å²) >= 11 is 0. The Hall–Kier alpha value is -2.32. The normalized spacial score (nSPS) is 18.5. The van der Waals surface area contributed by atoms with Crippen molar-refractivity contribution in [1.29, 1.82) is 5.26 Å². The molecule has 2 aliphatic rings. The van der Waals surface area contributed by atoms with Crippen molar-refractivity contribution >= 4 is 16.6 Å². The number of benzene rings is 1. The van der Waals surface area contributed by atoms with Crippen LogP contribution in [-0.4, -0.2) is 40.7 Å². The number of nitrogens with zero attached hydrogens (tertiary/aromatic N) is 3. The third-order valence-electron chi connectivity index (χ3n) is 5.88. The van der Waals surface area contributed by atoms with Crippen molar-refractivity contribution in [2.45, 2.75) is 51.5 Å². The number of anilines is 1. The van der Waals surface area contributed by atoms with Gasteiger partial charge in [0.05, 0.1) is 11.1 Å². The lowest BCUT2D eigenvalue weighted by Crippen LogP contribution is -2.39. The Labute approximate surface area is 154 Å². The molecular weight excluding hydrogens is 324 g/mol. The standard InChI is InChI=1S/C21H26N4O/c1-2-25-9-7-15(8-10-25)23-21-16-5-3-4-6-18(16)24-19-11-14(13-22)20(26)12-17(19)21/h11-12,15,26H,2-10H2,1H3,(H,23,24). The van der Waals surface area contributed by atoms with Gasteiger partial charge in [-0.1, -0.05) is 6.92 Å². The molecule has 0 bridgehead atoms. The Bertz CT molecular complexity index is 863. The summed E-state index contributed by atoms with van der Waals surface area (Å²) in [5, 5.41) is 24.2. The summed E-state index contributed by atoms with van der Waals surface area (Å²) in [5.41, 5.74) is 4.72. The summed E-state index contributed by atoms with van der Waals surface area (Å²) in [5.74, 6) is 0.0430. The number of hydrogen-bond acceptors (Lipinski definition) is 5. The van der Waals surface area contributed by atoms with Crippen molar-refractivity contribution < 1.29 is 5.11 Å². The number of piperidine rings is 1. The number of likely N-dealkylation sites (tertiary alicyclic amines) is 1. The minimum atomic E-state index is 0.0430. The Kier molecular flexibility index (Phi) is 4.69. The Morgan fingerprint density at radius 2 is 2.04 bits per heavy atom. The molecule has 0 saturated carbocycles. The Morgan fingerprint density at radius 1 is 1.27 bits per heavy atom. The van der Waals surface area contributed by atoms with E-state index in [2.05, 4.69) is 23.2 Å². The molecule has 0 spiro atoms. The SMILES string of the molecule is CCN1CCC(Nc2c3c(nc4cc(C#N)c(O)cc24)CCCC3)CC1. The largest absolute Gasteiger partial charge is 0.507 e. The molecule has 5 heteroatoms. The monoisotopic (exact) mass is 350 g/mol. The van der Waals surface area contributed by atoms with Gasteiger partial charge in [-0.2, -0.15) is 5.26 Å². The lowest BCUT2D eigenvalue weighted by molar-refractivity contribution is 0.229. The molecule has 2 aromatic rings. The number of phenolic OH excluding ortho intramolecular Hbond substituents is 1. The lowest BCUT2D eigenvalue weighted by atomic mass is 9.91. The van der Waals surface area contributed by atoms with Gasteiger partial charge in [-0.3, -0.25) is 4.98 Å². The first-order valence-corrected chi connectivity index (χ1v) is 9.77. The van der Waals surface area contributed by atoms with E-state index in [1.54, 1.807) is 12.1 Å². The average molecular weight is 350 g/mol. The van der Waals surface area contributed by atoms with E-state index in [1.807, 2.05) is 0 Å². The third kappa shape index (κ3) is 3.10. The number of hydrogen-bond donors (Lipinski definition) is 2. The molecule has 0 radical (unpaired) electrons.